The fourth-order valence-electron chi connectivity index (χ4n) is 1.89. The normalized spacial score (nSPS) is 9.59. The highest BCUT2D eigenvalue weighted by molar-refractivity contribution is 9.10. The van der Waals surface area contributed by atoms with Gasteiger partial charge in [-0.05, 0) is 12.1 Å². The highest BCUT2D eigenvalue weighted by Crippen LogP contribution is 2.13. The van der Waals surface area contributed by atoms with Crippen LogP contribution in [0.1, 0.15) is 36.0 Å². The van der Waals surface area contributed by atoms with Gasteiger partial charge in [0, 0.05) is 36.0 Å². The number of hydrogen-bond acceptors (Lipinski definition) is 4. The van der Waals surface area contributed by atoms with E-state index in [1.165, 1.54) is 4.90 Å². The second-order valence-corrected chi connectivity index (χ2v) is 5.54. The molecule has 1 aromatic carbocycles. The molecule has 0 radical (unpaired) electrons. The van der Waals surface area contributed by atoms with Gasteiger partial charge < -0.3 is 4.90 Å². The molecule has 0 atom stereocenters. The molecule has 6 heteroatoms. The highest BCUT2D eigenvalue weighted by atomic mass is 79.9. The lowest BCUT2D eigenvalue weighted by atomic mass is 10.1. The Bertz CT molecular complexity index is 581. The number of nitriles is 2. The minimum Gasteiger partial charge on any atom is -0.341 e. The molecule has 0 N–H and O–H groups in total. The van der Waals surface area contributed by atoms with E-state index in [4.69, 9.17) is 10.5 Å². The van der Waals surface area contributed by atoms with Crippen LogP contribution in [0.5, 0.6) is 0 Å². The predicted molar refractivity (Wildman–Crippen MR) is 84.7 cm³/mol. The molecular formula is C16H16BrN3O2. The molecule has 1 rings (SSSR count). The van der Waals surface area contributed by atoms with E-state index in [1.54, 1.807) is 24.3 Å². The molecule has 0 bridgehead atoms. The van der Waals surface area contributed by atoms with Crippen molar-refractivity contribution < 1.29 is 9.59 Å². The molecule has 0 unspecified atom stereocenters. The van der Waals surface area contributed by atoms with Crippen LogP contribution in [-0.2, 0) is 4.79 Å². The van der Waals surface area contributed by atoms with Gasteiger partial charge in [-0.2, -0.15) is 10.5 Å². The van der Waals surface area contributed by atoms with Crippen molar-refractivity contribution in [2.45, 2.75) is 25.7 Å². The van der Waals surface area contributed by atoms with E-state index in [-0.39, 0.29) is 37.4 Å². The number of Topliss-reactive ketones (excluding diaryl/α,β-unsaturated/α-hetero) is 1. The van der Waals surface area contributed by atoms with E-state index < -0.39 is 0 Å². The summed E-state index contributed by atoms with van der Waals surface area (Å²) in [6.07, 6.45) is 0.650. The molecular weight excluding hydrogens is 346 g/mol. The topological polar surface area (TPSA) is 85.0 Å². The minimum atomic E-state index is -0.198. The third-order valence-corrected chi connectivity index (χ3v) is 3.60. The van der Waals surface area contributed by atoms with Crippen LogP contribution in [0.3, 0.4) is 0 Å². The fourth-order valence-corrected chi connectivity index (χ4v) is 2.15. The van der Waals surface area contributed by atoms with Gasteiger partial charge in [-0.25, -0.2) is 0 Å². The zero-order valence-electron chi connectivity index (χ0n) is 12.1. The molecule has 0 fully saturated rings. The van der Waals surface area contributed by atoms with Gasteiger partial charge >= 0.3 is 0 Å². The standard InChI is InChI=1S/C16H16BrN3O2/c17-14-5-3-13(4-6-14)15(21)7-8-16(22)20(11-1-9-18)12-2-10-19/h3-6H,1-2,7-8,11-12H2. The second kappa shape index (κ2) is 9.70. The molecule has 0 spiro atoms. The number of benzene rings is 1. The number of ketones is 1. The van der Waals surface area contributed by atoms with Gasteiger partial charge in [0.2, 0.25) is 5.91 Å². The minimum absolute atomic E-state index is 0.0890. The number of hydrogen-bond donors (Lipinski definition) is 0. The van der Waals surface area contributed by atoms with Crippen LogP contribution in [0.25, 0.3) is 0 Å². The summed E-state index contributed by atoms with van der Waals surface area (Å²) in [5, 5.41) is 17.2. The summed E-state index contributed by atoms with van der Waals surface area (Å²) in [6.45, 7) is 0.590. The zero-order valence-corrected chi connectivity index (χ0v) is 13.7. The first kappa shape index (κ1) is 17.9. The van der Waals surface area contributed by atoms with Crippen LogP contribution < -0.4 is 0 Å². The summed E-state index contributed by atoms with van der Waals surface area (Å²) in [5.41, 5.74) is 0.566. The van der Waals surface area contributed by atoms with Crippen LogP contribution >= 0.6 is 15.9 Å². The number of amides is 1. The van der Waals surface area contributed by atoms with E-state index in [9.17, 15) is 9.59 Å². The first-order chi connectivity index (χ1) is 10.6. The van der Waals surface area contributed by atoms with Crippen molar-refractivity contribution in [3.8, 4) is 12.1 Å². The molecule has 0 saturated heterocycles. The Hall–Kier alpha value is -2.18. The third-order valence-electron chi connectivity index (χ3n) is 3.07. The highest BCUT2D eigenvalue weighted by Gasteiger charge is 2.15. The SMILES string of the molecule is N#CCCN(CCC#N)C(=O)CCC(=O)c1ccc(Br)cc1. The first-order valence-corrected chi connectivity index (χ1v) is 7.68. The molecule has 1 aromatic rings. The fraction of sp³-hybridized carbons (Fsp3) is 0.375. The van der Waals surface area contributed by atoms with Gasteiger partial charge in [-0.15, -0.1) is 0 Å². The van der Waals surface area contributed by atoms with Gasteiger partial charge in [-0.3, -0.25) is 9.59 Å². The summed E-state index contributed by atoms with van der Waals surface area (Å²) >= 11 is 3.30. The number of carbonyl (C=O) groups is 2. The second-order valence-electron chi connectivity index (χ2n) is 4.63. The maximum Gasteiger partial charge on any atom is 0.223 e. The smallest absolute Gasteiger partial charge is 0.223 e. The zero-order chi connectivity index (χ0) is 16.4. The molecule has 0 aliphatic rings. The van der Waals surface area contributed by atoms with E-state index in [2.05, 4.69) is 15.9 Å². The van der Waals surface area contributed by atoms with Crippen molar-refractivity contribution in [3.63, 3.8) is 0 Å². The maximum atomic E-state index is 12.1. The Morgan fingerprint density at radius 1 is 1.00 bits per heavy atom. The van der Waals surface area contributed by atoms with E-state index in [0.717, 1.165) is 4.47 Å². The quantitative estimate of drug-likeness (QED) is 0.665. The third kappa shape index (κ3) is 6.07. The predicted octanol–water partition coefficient (Wildman–Crippen LogP) is 3.07. The number of nitrogens with zero attached hydrogens (tertiary/aromatic N) is 3. The first-order valence-electron chi connectivity index (χ1n) is 6.89. The van der Waals surface area contributed by atoms with Gasteiger partial charge in [0.15, 0.2) is 5.78 Å². The molecule has 0 aromatic heterocycles. The molecule has 22 heavy (non-hydrogen) atoms. The Balaban J connectivity index is 2.54. The van der Waals surface area contributed by atoms with E-state index >= 15 is 0 Å². The molecule has 0 heterocycles. The Kier molecular flexibility index (Phi) is 7.88. The Morgan fingerprint density at radius 3 is 2.05 bits per heavy atom. The van der Waals surface area contributed by atoms with Crippen molar-refractivity contribution in [1.82, 2.24) is 4.90 Å². The molecule has 0 aliphatic carbocycles. The molecule has 1 amide bonds. The van der Waals surface area contributed by atoms with Crippen LogP contribution in [0.2, 0.25) is 0 Å². The van der Waals surface area contributed by atoms with Crippen molar-refractivity contribution in [2.75, 3.05) is 13.1 Å². The summed E-state index contributed by atoms with van der Waals surface area (Å²) in [7, 11) is 0. The summed E-state index contributed by atoms with van der Waals surface area (Å²) in [5.74, 6) is -0.294. The van der Waals surface area contributed by atoms with Crippen LogP contribution in [0, 0.1) is 22.7 Å². The summed E-state index contributed by atoms with van der Waals surface area (Å²) in [4.78, 5) is 25.6. The summed E-state index contributed by atoms with van der Waals surface area (Å²) < 4.78 is 0.888. The van der Waals surface area contributed by atoms with Crippen LogP contribution in [-0.4, -0.2) is 29.7 Å². The van der Waals surface area contributed by atoms with Crippen LogP contribution in [0.4, 0.5) is 0 Å². The average Bonchev–Trinajstić information content (AvgIpc) is 2.53. The Morgan fingerprint density at radius 2 is 1.55 bits per heavy atom. The lowest BCUT2D eigenvalue weighted by Gasteiger charge is -2.20. The van der Waals surface area contributed by atoms with E-state index in [1.807, 2.05) is 12.1 Å². The Labute approximate surface area is 138 Å². The number of carbonyl (C=O) groups excluding carboxylic acids is 2. The van der Waals surface area contributed by atoms with Gasteiger partial charge in [0.05, 0.1) is 25.0 Å². The molecule has 0 saturated carbocycles. The number of halogens is 1. The molecule has 114 valence electrons. The monoisotopic (exact) mass is 361 g/mol. The average molecular weight is 362 g/mol. The van der Waals surface area contributed by atoms with Crippen molar-refractivity contribution >= 4 is 27.6 Å². The van der Waals surface area contributed by atoms with E-state index in [0.29, 0.717) is 18.7 Å². The van der Waals surface area contributed by atoms with Crippen molar-refractivity contribution in [3.05, 3.63) is 34.3 Å². The van der Waals surface area contributed by atoms with Crippen molar-refractivity contribution in [1.29, 1.82) is 10.5 Å². The van der Waals surface area contributed by atoms with Gasteiger partial charge in [0.25, 0.3) is 0 Å². The largest absolute Gasteiger partial charge is 0.341 e. The van der Waals surface area contributed by atoms with Crippen LogP contribution in [0.15, 0.2) is 28.7 Å². The molecule has 5 nitrogen and oxygen atoms in total. The maximum absolute atomic E-state index is 12.1. The summed E-state index contributed by atoms with van der Waals surface area (Å²) in [6, 6.07) is 10.9. The lowest BCUT2D eigenvalue weighted by Crippen LogP contribution is -2.32. The van der Waals surface area contributed by atoms with Gasteiger partial charge in [-0.1, -0.05) is 28.1 Å². The number of rotatable bonds is 8. The lowest BCUT2D eigenvalue weighted by molar-refractivity contribution is -0.131. The molecule has 0 aliphatic heterocycles. The van der Waals surface area contributed by atoms with Crippen molar-refractivity contribution in [2.24, 2.45) is 0 Å². The van der Waals surface area contributed by atoms with Gasteiger partial charge in [0.1, 0.15) is 0 Å².